The SMILES string of the molecule is OC(COc1cc(CC2CCCCC23OCCO3)ccn1)c1ccccc1. The van der Waals surface area contributed by atoms with Gasteiger partial charge >= 0.3 is 0 Å². The lowest BCUT2D eigenvalue weighted by Gasteiger charge is -2.39. The molecule has 27 heavy (non-hydrogen) atoms. The minimum Gasteiger partial charge on any atom is -0.475 e. The van der Waals surface area contributed by atoms with Crippen molar-refractivity contribution in [1.82, 2.24) is 4.98 Å². The van der Waals surface area contributed by atoms with E-state index in [1.807, 2.05) is 42.5 Å². The Morgan fingerprint density at radius 3 is 2.78 bits per heavy atom. The van der Waals surface area contributed by atoms with Crippen molar-refractivity contribution in [3.8, 4) is 5.88 Å². The van der Waals surface area contributed by atoms with Crippen molar-refractivity contribution in [2.75, 3.05) is 19.8 Å². The molecule has 1 spiro atoms. The molecule has 1 saturated heterocycles. The van der Waals surface area contributed by atoms with Gasteiger partial charge in [0, 0.05) is 24.6 Å². The summed E-state index contributed by atoms with van der Waals surface area (Å²) in [6.45, 7) is 1.57. The van der Waals surface area contributed by atoms with E-state index in [0.717, 1.165) is 24.8 Å². The van der Waals surface area contributed by atoms with E-state index in [1.54, 1.807) is 6.20 Å². The topological polar surface area (TPSA) is 60.8 Å². The number of nitrogens with zero attached hydrogens (tertiary/aromatic N) is 1. The van der Waals surface area contributed by atoms with Crippen molar-refractivity contribution in [2.45, 2.75) is 44.0 Å². The van der Waals surface area contributed by atoms with Crippen molar-refractivity contribution < 1.29 is 19.3 Å². The Morgan fingerprint density at radius 2 is 1.96 bits per heavy atom. The summed E-state index contributed by atoms with van der Waals surface area (Å²) in [6.07, 6.45) is 6.47. The molecule has 1 aliphatic carbocycles. The molecule has 5 heteroatoms. The van der Waals surface area contributed by atoms with E-state index in [4.69, 9.17) is 14.2 Å². The van der Waals surface area contributed by atoms with E-state index in [0.29, 0.717) is 25.0 Å². The number of aliphatic hydroxyl groups excluding tert-OH is 1. The van der Waals surface area contributed by atoms with Crippen LogP contribution >= 0.6 is 0 Å². The summed E-state index contributed by atoms with van der Waals surface area (Å²) in [5, 5.41) is 10.3. The van der Waals surface area contributed by atoms with Crippen LogP contribution in [0.1, 0.15) is 42.9 Å². The maximum atomic E-state index is 10.3. The highest BCUT2D eigenvalue weighted by molar-refractivity contribution is 5.22. The quantitative estimate of drug-likeness (QED) is 0.842. The summed E-state index contributed by atoms with van der Waals surface area (Å²) >= 11 is 0. The van der Waals surface area contributed by atoms with Gasteiger partial charge in [-0.15, -0.1) is 0 Å². The molecule has 1 aromatic heterocycles. The van der Waals surface area contributed by atoms with Crippen molar-refractivity contribution in [3.05, 3.63) is 59.8 Å². The standard InChI is InChI=1S/C22H27NO4/c24-20(18-6-2-1-3-7-18)16-25-21-15-17(9-11-23-21)14-19-8-4-5-10-22(19)26-12-13-27-22/h1-3,6-7,9,11,15,19-20,24H,4-5,8,10,12-14,16H2. The third kappa shape index (κ3) is 4.32. The van der Waals surface area contributed by atoms with Crippen LogP contribution in [0.4, 0.5) is 0 Å². The number of aliphatic hydroxyl groups is 1. The molecule has 1 aliphatic heterocycles. The van der Waals surface area contributed by atoms with Gasteiger partial charge in [-0.1, -0.05) is 36.8 Å². The largest absolute Gasteiger partial charge is 0.475 e. The van der Waals surface area contributed by atoms with Gasteiger partial charge in [0.2, 0.25) is 5.88 Å². The molecule has 144 valence electrons. The van der Waals surface area contributed by atoms with Gasteiger partial charge in [0.05, 0.1) is 13.2 Å². The Morgan fingerprint density at radius 1 is 1.15 bits per heavy atom. The number of ether oxygens (including phenoxy) is 3. The molecule has 2 fully saturated rings. The Balaban J connectivity index is 1.39. The second kappa shape index (κ2) is 8.38. The van der Waals surface area contributed by atoms with Crippen molar-refractivity contribution in [3.63, 3.8) is 0 Å². The average Bonchev–Trinajstić information content (AvgIpc) is 3.18. The number of hydrogen-bond donors (Lipinski definition) is 1. The second-order valence-corrected chi connectivity index (χ2v) is 7.40. The maximum Gasteiger partial charge on any atom is 0.213 e. The Labute approximate surface area is 160 Å². The number of aromatic nitrogens is 1. The van der Waals surface area contributed by atoms with E-state index in [1.165, 1.54) is 18.4 Å². The normalized spacial score (nSPS) is 22.6. The van der Waals surface area contributed by atoms with Crippen LogP contribution in [0.5, 0.6) is 5.88 Å². The minimum atomic E-state index is -0.668. The van der Waals surface area contributed by atoms with Gasteiger partial charge in [0.25, 0.3) is 0 Å². The van der Waals surface area contributed by atoms with E-state index >= 15 is 0 Å². The molecule has 4 rings (SSSR count). The monoisotopic (exact) mass is 369 g/mol. The third-order valence-electron chi connectivity index (χ3n) is 5.58. The fourth-order valence-electron chi connectivity index (χ4n) is 4.17. The molecule has 0 bridgehead atoms. The Kier molecular flexibility index (Phi) is 5.72. The van der Waals surface area contributed by atoms with E-state index in [9.17, 15) is 5.11 Å². The molecule has 2 aromatic rings. The molecule has 2 aliphatic rings. The van der Waals surface area contributed by atoms with Gasteiger partial charge in [0.1, 0.15) is 12.7 Å². The first-order chi connectivity index (χ1) is 13.3. The molecule has 2 unspecified atom stereocenters. The maximum absolute atomic E-state index is 10.3. The lowest BCUT2D eigenvalue weighted by Crippen LogP contribution is -2.42. The number of pyridine rings is 1. The number of rotatable bonds is 6. The summed E-state index contributed by atoms with van der Waals surface area (Å²) in [7, 11) is 0. The van der Waals surface area contributed by atoms with Crippen LogP contribution < -0.4 is 4.74 Å². The summed E-state index contributed by atoms with van der Waals surface area (Å²) in [4.78, 5) is 4.29. The van der Waals surface area contributed by atoms with Crippen LogP contribution in [0.3, 0.4) is 0 Å². The Bertz CT molecular complexity index is 730. The first-order valence-corrected chi connectivity index (χ1v) is 9.84. The van der Waals surface area contributed by atoms with Gasteiger partial charge in [-0.05, 0) is 36.5 Å². The van der Waals surface area contributed by atoms with E-state index in [-0.39, 0.29) is 6.61 Å². The minimum absolute atomic E-state index is 0.181. The molecule has 1 saturated carbocycles. The fraction of sp³-hybridized carbons (Fsp3) is 0.500. The Hall–Kier alpha value is -1.95. The van der Waals surface area contributed by atoms with Crippen LogP contribution in [0.25, 0.3) is 0 Å². The highest BCUT2D eigenvalue weighted by atomic mass is 16.7. The molecule has 0 amide bonds. The predicted molar refractivity (Wildman–Crippen MR) is 101 cm³/mol. The fourth-order valence-corrected chi connectivity index (χ4v) is 4.17. The zero-order chi connectivity index (χ0) is 18.5. The van der Waals surface area contributed by atoms with Crippen LogP contribution in [-0.4, -0.2) is 35.7 Å². The van der Waals surface area contributed by atoms with E-state index < -0.39 is 11.9 Å². The number of benzene rings is 1. The van der Waals surface area contributed by atoms with Crippen LogP contribution in [0.15, 0.2) is 48.7 Å². The molecular formula is C22H27NO4. The smallest absolute Gasteiger partial charge is 0.213 e. The van der Waals surface area contributed by atoms with Gasteiger partial charge in [0.15, 0.2) is 5.79 Å². The first kappa shape index (κ1) is 18.4. The highest BCUT2D eigenvalue weighted by Crippen LogP contribution is 2.42. The summed E-state index contributed by atoms with van der Waals surface area (Å²) in [5.74, 6) is 0.506. The van der Waals surface area contributed by atoms with Crippen molar-refractivity contribution in [2.24, 2.45) is 5.92 Å². The summed E-state index contributed by atoms with van der Waals surface area (Å²) in [6, 6.07) is 13.5. The predicted octanol–water partition coefficient (Wildman–Crippen LogP) is 3.67. The number of hydrogen-bond acceptors (Lipinski definition) is 5. The lowest BCUT2D eigenvalue weighted by atomic mass is 9.79. The molecule has 2 atom stereocenters. The van der Waals surface area contributed by atoms with Gasteiger partial charge in [-0.3, -0.25) is 0 Å². The highest BCUT2D eigenvalue weighted by Gasteiger charge is 2.45. The zero-order valence-corrected chi connectivity index (χ0v) is 15.5. The second-order valence-electron chi connectivity index (χ2n) is 7.40. The molecule has 1 aromatic carbocycles. The average molecular weight is 369 g/mol. The van der Waals surface area contributed by atoms with E-state index in [2.05, 4.69) is 4.98 Å². The van der Waals surface area contributed by atoms with Gasteiger partial charge in [-0.2, -0.15) is 0 Å². The zero-order valence-electron chi connectivity index (χ0n) is 15.5. The summed E-state index contributed by atoms with van der Waals surface area (Å²) < 4.78 is 17.8. The van der Waals surface area contributed by atoms with Gasteiger partial charge < -0.3 is 19.3 Å². The lowest BCUT2D eigenvalue weighted by molar-refractivity contribution is -0.212. The van der Waals surface area contributed by atoms with Gasteiger partial charge in [-0.25, -0.2) is 4.98 Å². The molecule has 0 radical (unpaired) electrons. The van der Waals surface area contributed by atoms with Crippen molar-refractivity contribution in [1.29, 1.82) is 0 Å². The molecule has 2 heterocycles. The van der Waals surface area contributed by atoms with Crippen LogP contribution in [0.2, 0.25) is 0 Å². The summed E-state index contributed by atoms with van der Waals surface area (Å²) in [5.41, 5.74) is 2.01. The molecule has 1 N–H and O–H groups in total. The molecule has 5 nitrogen and oxygen atoms in total. The van der Waals surface area contributed by atoms with Crippen LogP contribution in [0, 0.1) is 5.92 Å². The van der Waals surface area contributed by atoms with Crippen LogP contribution in [-0.2, 0) is 15.9 Å². The molecular weight excluding hydrogens is 342 g/mol. The first-order valence-electron chi connectivity index (χ1n) is 9.84. The third-order valence-corrected chi connectivity index (χ3v) is 5.58. The van der Waals surface area contributed by atoms with Crippen molar-refractivity contribution >= 4 is 0 Å².